The molecule has 0 aliphatic heterocycles. The third kappa shape index (κ3) is 2.99. The number of likely N-dealkylation sites (N-methyl/N-ethyl adjacent to an activating group) is 1. The number of benzene rings is 1. The van der Waals surface area contributed by atoms with Gasteiger partial charge in [-0.05, 0) is 32.4 Å². The van der Waals surface area contributed by atoms with E-state index in [1.54, 1.807) is 19.0 Å². The van der Waals surface area contributed by atoms with E-state index in [1.165, 1.54) is 11.1 Å². The molecule has 1 unspecified atom stereocenters. The fourth-order valence-corrected chi connectivity index (χ4v) is 1.66. The summed E-state index contributed by atoms with van der Waals surface area (Å²) in [5.74, 6) is 0.0833. The van der Waals surface area contributed by atoms with Crippen LogP contribution in [0.3, 0.4) is 0 Å². The van der Waals surface area contributed by atoms with Gasteiger partial charge in [0.2, 0.25) is 5.91 Å². The molecule has 0 fully saturated rings. The Morgan fingerprint density at radius 3 is 2.44 bits per heavy atom. The number of amides is 1. The Balaban J connectivity index is 2.77. The molecule has 0 saturated heterocycles. The molecule has 0 bridgehead atoms. The van der Waals surface area contributed by atoms with Gasteiger partial charge in [-0.3, -0.25) is 4.79 Å². The van der Waals surface area contributed by atoms with Crippen molar-refractivity contribution in [3.8, 4) is 0 Å². The third-order valence-electron chi connectivity index (χ3n) is 2.57. The van der Waals surface area contributed by atoms with Gasteiger partial charge >= 0.3 is 0 Å². The number of carbonyl (C=O) groups is 1. The quantitative estimate of drug-likeness (QED) is 0.847. The Morgan fingerprint density at radius 1 is 1.31 bits per heavy atom. The second kappa shape index (κ2) is 5.01. The summed E-state index contributed by atoms with van der Waals surface area (Å²) >= 11 is 0. The lowest BCUT2D eigenvalue weighted by atomic mass is 10.1. The monoisotopic (exact) mass is 220 g/mol. The van der Waals surface area contributed by atoms with Crippen molar-refractivity contribution >= 4 is 11.6 Å². The van der Waals surface area contributed by atoms with E-state index in [4.69, 9.17) is 0 Å². The maximum absolute atomic E-state index is 11.7. The first-order valence-corrected chi connectivity index (χ1v) is 5.46. The third-order valence-corrected chi connectivity index (χ3v) is 2.57. The van der Waals surface area contributed by atoms with Crippen LogP contribution in [-0.2, 0) is 4.79 Å². The Labute approximate surface area is 97.5 Å². The summed E-state index contributed by atoms with van der Waals surface area (Å²) in [5.41, 5.74) is 3.42. The van der Waals surface area contributed by atoms with Crippen LogP contribution in [0.15, 0.2) is 18.2 Å². The first kappa shape index (κ1) is 12.6. The highest BCUT2D eigenvalue weighted by Gasteiger charge is 2.14. The first-order chi connectivity index (χ1) is 7.41. The molecular weight excluding hydrogens is 200 g/mol. The molecule has 1 atom stereocenters. The van der Waals surface area contributed by atoms with Crippen LogP contribution in [-0.4, -0.2) is 30.9 Å². The van der Waals surface area contributed by atoms with Gasteiger partial charge in [0.1, 0.15) is 6.04 Å². The standard InChI is InChI=1S/C13H20N2O/c1-9-6-7-12(10(2)8-9)14-11(3)13(16)15(4)5/h6-8,11,14H,1-5H3. The van der Waals surface area contributed by atoms with Crippen LogP contribution in [0.4, 0.5) is 5.69 Å². The Kier molecular flexibility index (Phi) is 3.93. The second-order valence-corrected chi connectivity index (χ2v) is 4.42. The number of rotatable bonds is 3. The zero-order chi connectivity index (χ0) is 12.3. The molecule has 0 aromatic heterocycles. The average Bonchev–Trinajstić information content (AvgIpc) is 2.20. The fourth-order valence-electron chi connectivity index (χ4n) is 1.66. The molecule has 0 heterocycles. The number of hydrogen-bond acceptors (Lipinski definition) is 2. The van der Waals surface area contributed by atoms with Crippen molar-refractivity contribution in [1.82, 2.24) is 4.90 Å². The highest BCUT2D eigenvalue weighted by Crippen LogP contribution is 2.17. The van der Waals surface area contributed by atoms with Gasteiger partial charge in [0.05, 0.1) is 0 Å². The number of nitrogens with one attached hydrogen (secondary N) is 1. The second-order valence-electron chi connectivity index (χ2n) is 4.42. The molecule has 0 saturated carbocycles. The number of hydrogen-bond donors (Lipinski definition) is 1. The maximum atomic E-state index is 11.7. The largest absolute Gasteiger partial charge is 0.374 e. The molecule has 16 heavy (non-hydrogen) atoms. The van der Waals surface area contributed by atoms with Crippen molar-refractivity contribution in [2.45, 2.75) is 26.8 Å². The molecule has 0 aliphatic carbocycles. The summed E-state index contributed by atoms with van der Waals surface area (Å²) in [4.78, 5) is 13.3. The van der Waals surface area contributed by atoms with Crippen molar-refractivity contribution in [3.05, 3.63) is 29.3 Å². The number of aryl methyl sites for hydroxylation is 2. The van der Waals surface area contributed by atoms with Crippen LogP contribution in [0.5, 0.6) is 0 Å². The van der Waals surface area contributed by atoms with Crippen molar-refractivity contribution in [2.75, 3.05) is 19.4 Å². The molecule has 1 rings (SSSR count). The van der Waals surface area contributed by atoms with E-state index in [9.17, 15) is 4.79 Å². The molecule has 1 aromatic rings. The van der Waals surface area contributed by atoms with E-state index in [0.717, 1.165) is 5.69 Å². The maximum Gasteiger partial charge on any atom is 0.244 e. The minimum absolute atomic E-state index is 0.0833. The van der Waals surface area contributed by atoms with E-state index in [0.29, 0.717) is 0 Å². The van der Waals surface area contributed by atoms with Crippen molar-refractivity contribution < 1.29 is 4.79 Å². The van der Waals surface area contributed by atoms with Crippen molar-refractivity contribution in [3.63, 3.8) is 0 Å². The van der Waals surface area contributed by atoms with Gasteiger partial charge in [0, 0.05) is 19.8 Å². The Hall–Kier alpha value is -1.51. The zero-order valence-electron chi connectivity index (χ0n) is 10.7. The van der Waals surface area contributed by atoms with Gasteiger partial charge in [0.15, 0.2) is 0 Å². The lowest BCUT2D eigenvalue weighted by Crippen LogP contribution is -2.36. The summed E-state index contributed by atoms with van der Waals surface area (Å²) < 4.78 is 0. The number of anilines is 1. The number of nitrogens with zero attached hydrogens (tertiary/aromatic N) is 1. The van der Waals surface area contributed by atoms with Crippen LogP contribution in [0.25, 0.3) is 0 Å². The van der Waals surface area contributed by atoms with Crippen LogP contribution in [0.1, 0.15) is 18.1 Å². The fraction of sp³-hybridized carbons (Fsp3) is 0.462. The average molecular weight is 220 g/mol. The minimum Gasteiger partial charge on any atom is -0.374 e. The van der Waals surface area contributed by atoms with Crippen molar-refractivity contribution in [1.29, 1.82) is 0 Å². The van der Waals surface area contributed by atoms with Gasteiger partial charge in [0.25, 0.3) is 0 Å². The molecular formula is C13H20N2O. The molecule has 3 heteroatoms. The van der Waals surface area contributed by atoms with E-state index in [1.807, 2.05) is 26.0 Å². The normalized spacial score (nSPS) is 12.1. The van der Waals surface area contributed by atoms with E-state index in [-0.39, 0.29) is 11.9 Å². The Morgan fingerprint density at radius 2 is 1.94 bits per heavy atom. The SMILES string of the molecule is Cc1ccc(NC(C)C(=O)N(C)C)c(C)c1. The lowest BCUT2D eigenvalue weighted by molar-refractivity contribution is -0.129. The van der Waals surface area contributed by atoms with Gasteiger partial charge in [-0.2, -0.15) is 0 Å². The topological polar surface area (TPSA) is 32.3 Å². The van der Waals surface area contributed by atoms with Gasteiger partial charge < -0.3 is 10.2 Å². The molecule has 1 amide bonds. The molecule has 0 radical (unpaired) electrons. The van der Waals surface area contributed by atoms with E-state index >= 15 is 0 Å². The zero-order valence-corrected chi connectivity index (χ0v) is 10.7. The van der Waals surface area contributed by atoms with Crippen LogP contribution in [0, 0.1) is 13.8 Å². The molecule has 0 spiro atoms. The molecule has 88 valence electrons. The van der Waals surface area contributed by atoms with Gasteiger partial charge in [-0.15, -0.1) is 0 Å². The van der Waals surface area contributed by atoms with E-state index < -0.39 is 0 Å². The van der Waals surface area contributed by atoms with Gasteiger partial charge in [-0.25, -0.2) is 0 Å². The molecule has 0 aliphatic rings. The van der Waals surface area contributed by atoms with Crippen LogP contribution >= 0.6 is 0 Å². The Bertz CT molecular complexity index is 386. The molecule has 3 nitrogen and oxygen atoms in total. The highest BCUT2D eigenvalue weighted by molar-refractivity contribution is 5.84. The summed E-state index contributed by atoms with van der Waals surface area (Å²) in [5, 5.41) is 3.23. The van der Waals surface area contributed by atoms with Gasteiger partial charge in [-0.1, -0.05) is 17.7 Å². The van der Waals surface area contributed by atoms with Crippen LogP contribution in [0.2, 0.25) is 0 Å². The van der Waals surface area contributed by atoms with E-state index in [2.05, 4.69) is 18.3 Å². The summed E-state index contributed by atoms with van der Waals surface area (Å²) in [6.07, 6.45) is 0. The lowest BCUT2D eigenvalue weighted by Gasteiger charge is -2.20. The van der Waals surface area contributed by atoms with Crippen molar-refractivity contribution in [2.24, 2.45) is 0 Å². The molecule has 1 N–H and O–H groups in total. The molecule has 1 aromatic carbocycles. The summed E-state index contributed by atoms with van der Waals surface area (Å²) in [6, 6.07) is 5.97. The highest BCUT2D eigenvalue weighted by atomic mass is 16.2. The smallest absolute Gasteiger partial charge is 0.244 e. The first-order valence-electron chi connectivity index (χ1n) is 5.46. The predicted octanol–water partition coefficient (Wildman–Crippen LogP) is 2.19. The predicted molar refractivity (Wildman–Crippen MR) is 67.7 cm³/mol. The minimum atomic E-state index is -0.198. The summed E-state index contributed by atoms with van der Waals surface area (Å²) in [7, 11) is 3.53. The summed E-state index contributed by atoms with van der Waals surface area (Å²) in [6.45, 7) is 5.98. The number of carbonyl (C=O) groups excluding carboxylic acids is 1. The van der Waals surface area contributed by atoms with Crippen LogP contribution < -0.4 is 5.32 Å².